The molecule has 19 heavy (non-hydrogen) atoms. The number of hydrogen-bond donors (Lipinski definition) is 1. The lowest BCUT2D eigenvalue weighted by Gasteiger charge is -2.02. The van der Waals surface area contributed by atoms with Crippen molar-refractivity contribution in [3.05, 3.63) is 57.0 Å². The summed E-state index contributed by atoms with van der Waals surface area (Å²) >= 11 is 9.15. The Balaban J connectivity index is 2.35. The summed E-state index contributed by atoms with van der Waals surface area (Å²) in [6.07, 6.45) is 6.87. The van der Waals surface area contributed by atoms with Crippen LogP contribution in [-0.2, 0) is 0 Å². The van der Waals surface area contributed by atoms with Gasteiger partial charge in [-0.25, -0.2) is 0 Å². The molecule has 0 aliphatic rings. The van der Waals surface area contributed by atoms with Crippen molar-refractivity contribution >= 4 is 39.4 Å². The first-order valence-electron chi connectivity index (χ1n) is 5.39. The quantitative estimate of drug-likeness (QED) is 0.634. The summed E-state index contributed by atoms with van der Waals surface area (Å²) < 4.78 is 0.527. The second kappa shape index (κ2) is 5.92. The summed E-state index contributed by atoms with van der Waals surface area (Å²) in [5.74, 6) is 2.64. The molecule has 0 heterocycles. The first-order chi connectivity index (χ1) is 9.10. The number of phenols is 1. The van der Waals surface area contributed by atoms with E-state index in [4.69, 9.17) is 18.0 Å². The number of aliphatic imine (C=N–C) groups is 1. The first-order valence-corrected chi connectivity index (χ1v) is 6.56. The van der Waals surface area contributed by atoms with Crippen LogP contribution in [0, 0.1) is 12.3 Å². The summed E-state index contributed by atoms with van der Waals surface area (Å²) in [6.45, 7) is 0. The van der Waals surface area contributed by atoms with Crippen LogP contribution in [0.4, 0.5) is 5.69 Å². The van der Waals surface area contributed by atoms with Gasteiger partial charge in [0, 0.05) is 22.4 Å². The molecule has 94 valence electrons. The van der Waals surface area contributed by atoms with E-state index in [1.165, 1.54) is 0 Å². The molecular weight excluding hydrogens is 326 g/mol. The fraction of sp³-hybridized carbons (Fsp3) is 0. The summed E-state index contributed by atoms with van der Waals surface area (Å²) in [5, 5.41) is 10.4. The van der Waals surface area contributed by atoms with Crippen LogP contribution >= 0.6 is 27.5 Å². The van der Waals surface area contributed by atoms with Crippen LogP contribution in [0.2, 0.25) is 5.02 Å². The number of rotatable bonds is 2. The lowest BCUT2D eigenvalue weighted by molar-refractivity contribution is 0.471. The molecule has 2 aromatic carbocycles. The van der Waals surface area contributed by atoms with Crippen molar-refractivity contribution in [2.75, 3.05) is 0 Å². The minimum absolute atomic E-state index is 0.0984. The molecule has 4 heteroatoms. The molecule has 0 bridgehead atoms. The Morgan fingerprint density at radius 1 is 1.32 bits per heavy atom. The zero-order valence-electron chi connectivity index (χ0n) is 9.77. The molecule has 0 spiro atoms. The van der Waals surface area contributed by atoms with E-state index in [2.05, 4.69) is 26.8 Å². The number of terminal acetylenes is 1. The van der Waals surface area contributed by atoms with Gasteiger partial charge in [-0.15, -0.1) is 6.42 Å². The van der Waals surface area contributed by atoms with E-state index in [9.17, 15) is 5.11 Å². The first kappa shape index (κ1) is 13.7. The maximum atomic E-state index is 9.87. The smallest absolute Gasteiger partial charge is 0.138 e. The van der Waals surface area contributed by atoms with Gasteiger partial charge in [0.15, 0.2) is 0 Å². The third-order valence-electron chi connectivity index (χ3n) is 2.42. The number of benzene rings is 2. The number of phenolic OH excluding ortho intramolecular Hbond substituents is 1. The molecule has 2 rings (SSSR count). The van der Waals surface area contributed by atoms with Gasteiger partial charge in [-0.2, -0.15) is 0 Å². The molecule has 2 nitrogen and oxygen atoms in total. The van der Waals surface area contributed by atoms with Crippen molar-refractivity contribution in [1.29, 1.82) is 0 Å². The molecule has 1 N–H and O–H groups in total. The number of aromatic hydroxyl groups is 1. The highest BCUT2D eigenvalue weighted by molar-refractivity contribution is 9.10. The van der Waals surface area contributed by atoms with E-state index >= 15 is 0 Å². The van der Waals surface area contributed by atoms with Gasteiger partial charge < -0.3 is 5.11 Å². The minimum atomic E-state index is 0.0984. The molecule has 0 amide bonds. The standard InChI is InChI=1S/C15H9BrClNO/c1-2-10-4-3-5-13(6-10)18-9-11-7-12(17)8-14(16)15(11)19/h1,3-9,19H/b18-9+. The zero-order valence-corrected chi connectivity index (χ0v) is 12.1. The van der Waals surface area contributed by atoms with Crippen molar-refractivity contribution in [2.24, 2.45) is 4.99 Å². The van der Waals surface area contributed by atoms with E-state index in [-0.39, 0.29) is 5.75 Å². The molecule has 0 saturated heterocycles. The van der Waals surface area contributed by atoms with Crippen LogP contribution in [0.15, 0.2) is 45.9 Å². The van der Waals surface area contributed by atoms with Gasteiger partial charge in [-0.05, 0) is 46.3 Å². The largest absolute Gasteiger partial charge is 0.506 e. The van der Waals surface area contributed by atoms with Crippen molar-refractivity contribution in [3.8, 4) is 18.1 Å². The highest BCUT2D eigenvalue weighted by Crippen LogP contribution is 2.30. The third kappa shape index (κ3) is 3.37. The molecule has 0 fully saturated rings. The predicted octanol–water partition coefficient (Wildman–Crippen LogP) is 4.54. The Bertz CT molecular complexity index is 689. The second-order valence-electron chi connectivity index (χ2n) is 3.78. The van der Waals surface area contributed by atoms with E-state index in [0.29, 0.717) is 20.7 Å². The van der Waals surface area contributed by atoms with Crippen LogP contribution in [0.5, 0.6) is 5.75 Å². The molecule has 0 unspecified atom stereocenters. The fourth-order valence-electron chi connectivity index (χ4n) is 1.50. The van der Waals surface area contributed by atoms with E-state index in [0.717, 1.165) is 5.56 Å². The zero-order chi connectivity index (χ0) is 13.8. The Morgan fingerprint density at radius 2 is 2.11 bits per heavy atom. The minimum Gasteiger partial charge on any atom is -0.506 e. The highest BCUT2D eigenvalue weighted by atomic mass is 79.9. The van der Waals surface area contributed by atoms with E-state index in [1.54, 1.807) is 24.4 Å². The van der Waals surface area contributed by atoms with Crippen LogP contribution in [0.25, 0.3) is 0 Å². The van der Waals surface area contributed by atoms with Crippen LogP contribution in [0.3, 0.4) is 0 Å². The lowest BCUT2D eigenvalue weighted by atomic mass is 10.2. The monoisotopic (exact) mass is 333 g/mol. The van der Waals surface area contributed by atoms with E-state index in [1.807, 2.05) is 18.2 Å². The summed E-state index contributed by atoms with van der Waals surface area (Å²) in [6, 6.07) is 10.5. The van der Waals surface area contributed by atoms with Crippen molar-refractivity contribution in [2.45, 2.75) is 0 Å². The molecular formula is C15H9BrClNO. The molecule has 2 aromatic rings. The SMILES string of the molecule is C#Cc1cccc(/N=C/c2cc(Cl)cc(Br)c2O)c1. The number of hydrogen-bond acceptors (Lipinski definition) is 2. The maximum absolute atomic E-state index is 9.87. The molecule has 0 radical (unpaired) electrons. The molecule has 0 aliphatic heterocycles. The van der Waals surface area contributed by atoms with Gasteiger partial charge in [0.1, 0.15) is 5.75 Å². The second-order valence-corrected chi connectivity index (χ2v) is 5.07. The fourth-order valence-corrected chi connectivity index (χ4v) is 2.34. The lowest BCUT2D eigenvalue weighted by Crippen LogP contribution is -1.84. The topological polar surface area (TPSA) is 32.6 Å². The molecule has 0 aromatic heterocycles. The van der Waals surface area contributed by atoms with E-state index < -0.39 is 0 Å². The summed E-state index contributed by atoms with van der Waals surface area (Å²) in [4.78, 5) is 4.27. The van der Waals surface area contributed by atoms with Crippen molar-refractivity contribution in [3.63, 3.8) is 0 Å². The van der Waals surface area contributed by atoms with Gasteiger partial charge in [0.2, 0.25) is 0 Å². The van der Waals surface area contributed by atoms with Gasteiger partial charge in [-0.3, -0.25) is 4.99 Å². The summed E-state index contributed by atoms with van der Waals surface area (Å²) in [5.41, 5.74) is 2.00. The van der Waals surface area contributed by atoms with Crippen LogP contribution in [0.1, 0.15) is 11.1 Å². The molecule has 0 atom stereocenters. The van der Waals surface area contributed by atoms with Gasteiger partial charge in [-0.1, -0.05) is 23.6 Å². The number of halogens is 2. The third-order valence-corrected chi connectivity index (χ3v) is 3.25. The van der Waals surface area contributed by atoms with Gasteiger partial charge in [0.05, 0.1) is 10.2 Å². The maximum Gasteiger partial charge on any atom is 0.138 e. The Hall–Kier alpha value is -1.76. The Morgan fingerprint density at radius 3 is 2.84 bits per heavy atom. The van der Waals surface area contributed by atoms with Crippen LogP contribution < -0.4 is 0 Å². The van der Waals surface area contributed by atoms with Crippen molar-refractivity contribution < 1.29 is 5.11 Å². The molecule has 0 saturated carbocycles. The average molecular weight is 335 g/mol. The Labute approximate surface area is 124 Å². The normalized spacial score (nSPS) is 10.6. The molecule has 0 aliphatic carbocycles. The average Bonchev–Trinajstić information content (AvgIpc) is 2.41. The van der Waals surface area contributed by atoms with Gasteiger partial charge in [0.25, 0.3) is 0 Å². The Kier molecular flexibility index (Phi) is 4.26. The van der Waals surface area contributed by atoms with Crippen LogP contribution in [-0.4, -0.2) is 11.3 Å². The number of nitrogens with zero attached hydrogens (tertiary/aromatic N) is 1. The van der Waals surface area contributed by atoms with Crippen molar-refractivity contribution in [1.82, 2.24) is 0 Å². The highest BCUT2D eigenvalue weighted by Gasteiger charge is 2.05. The van der Waals surface area contributed by atoms with Gasteiger partial charge >= 0.3 is 0 Å². The summed E-state index contributed by atoms with van der Waals surface area (Å²) in [7, 11) is 0. The predicted molar refractivity (Wildman–Crippen MR) is 82.4 cm³/mol.